The van der Waals surface area contributed by atoms with E-state index in [2.05, 4.69) is 30.5 Å². The van der Waals surface area contributed by atoms with E-state index in [1.54, 1.807) is 6.07 Å². The first-order chi connectivity index (χ1) is 15.8. The SMILES string of the molecule is CS(=O)(=O)c1ccc(Nc2ncc(-c3ncn[nH]3)c(N)n2)cc1Cl.OCCc1ccccc1. The molecule has 2 aromatic heterocycles. The molecule has 2 heterocycles. The number of nitrogen functional groups attached to an aromatic ring is 1. The number of aromatic nitrogens is 5. The molecular weight excluding hydrogens is 466 g/mol. The average Bonchev–Trinajstić information content (AvgIpc) is 3.29. The lowest BCUT2D eigenvalue weighted by Gasteiger charge is -2.09. The number of aromatic amines is 1. The summed E-state index contributed by atoms with van der Waals surface area (Å²) in [6.45, 7) is 0.240. The van der Waals surface area contributed by atoms with Crippen molar-refractivity contribution in [2.75, 3.05) is 23.9 Å². The first-order valence-corrected chi connectivity index (χ1v) is 11.9. The van der Waals surface area contributed by atoms with Crippen molar-refractivity contribution in [3.05, 3.63) is 71.6 Å². The molecule has 4 aromatic rings. The zero-order valence-corrected chi connectivity index (χ0v) is 19.2. The Bertz CT molecular complexity index is 1300. The second-order valence-electron chi connectivity index (χ2n) is 6.83. The van der Waals surface area contributed by atoms with E-state index in [1.165, 1.54) is 30.2 Å². The smallest absolute Gasteiger partial charge is 0.229 e. The zero-order valence-electron chi connectivity index (χ0n) is 17.6. The van der Waals surface area contributed by atoms with Crippen LogP contribution in [-0.4, -0.2) is 51.5 Å². The van der Waals surface area contributed by atoms with Crippen LogP contribution in [0.25, 0.3) is 11.4 Å². The van der Waals surface area contributed by atoms with E-state index in [4.69, 9.17) is 22.4 Å². The topological polar surface area (TPSA) is 160 Å². The van der Waals surface area contributed by atoms with Crippen LogP contribution in [0.3, 0.4) is 0 Å². The molecule has 33 heavy (non-hydrogen) atoms. The van der Waals surface area contributed by atoms with Gasteiger partial charge >= 0.3 is 0 Å². The molecule has 0 atom stereocenters. The van der Waals surface area contributed by atoms with Crippen LogP contribution in [0.4, 0.5) is 17.5 Å². The summed E-state index contributed by atoms with van der Waals surface area (Å²) in [5.74, 6) is 0.904. The number of nitrogens with zero attached hydrogens (tertiary/aromatic N) is 4. The quantitative estimate of drug-likeness (QED) is 0.320. The van der Waals surface area contributed by atoms with Crippen molar-refractivity contribution in [1.82, 2.24) is 25.1 Å². The third-order valence-electron chi connectivity index (χ3n) is 4.32. The van der Waals surface area contributed by atoms with Gasteiger partial charge in [0, 0.05) is 24.7 Å². The van der Waals surface area contributed by atoms with Crippen LogP contribution in [-0.2, 0) is 16.3 Å². The number of sulfone groups is 1. The third-order valence-corrected chi connectivity index (χ3v) is 5.90. The maximum Gasteiger partial charge on any atom is 0.229 e. The number of hydrogen-bond donors (Lipinski definition) is 4. The molecule has 10 nitrogen and oxygen atoms in total. The van der Waals surface area contributed by atoms with E-state index in [-0.39, 0.29) is 28.3 Å². The highest BCUT2D eigenvalue weighted by atomic mass is 35.5. The van der Waals surface area contributed by atoms with Crippen molar-refractivity contribution in [3.8, 4) is 11.4 Å². The predicted octanol–water partition coefficient (Wildman–Crippen LogP) is 2.87. The number of anilines is 3. The number of nitrogens with two attached hydrogens (primary N) is 1. The molecule has 0 bridgehead atoms. The Morgan fingerprint density at radius 3 is 2.48 bits per heavy atom. The summed E-state index contributed by atoms with van der Waals surface area (Å²) < 4.78 is 23.1. The van der Waals surface area contributed by atoms with E-state index in [9.17, 15) is 8.42 Å². The van der Waals surface area contributed by atoms with Gasteiger partial charge in [0.25, 0.3) is 0 Å². The Morgan fingerprint density at radius 1 is 1.15 bits per heavy atom. The fourth-order valence-corrected chi connectivity index (χ4v) is 4.08. The third kappa shape index (κ3) is 6.72. The largest absolute Gasteiger partial charge is 0.396 e. The molecule has 0 amide bonds. The number of aliphatic hydroxyl groups excluding tert-OH is 1. The number of halogens is 1. The molecule has 0 unspecified atom stereocenters. The summed E-state index contributed by atoms with van der Waals surface area (Å²) in [7, 11) is -3.39. The number of nitrogens with one attached hydrogen (secondary N) is 2. The molecule has 172 valence electrons. The minimum Gasteiger partial charge on any atom is -0.396 e. The van der Waals surface area contributed by atoms with Crippen LogP contribution in [0.1, 0.15) is 5.56 Å². The second-order valence-corrected chi connectivity index (χ2v) is 9.22. The molecule has 0 fully saturated rings. The number of hydrogen-bond acceptors (Lipinski definition) is 9. The Hall–Kier alpha value is -3.54. The molecule has 0 aliphatic rings. The van der Waals surface area contributed by atoms with Crippen molar-refractivity contribution in [1.29, 1.82) is 0 Å². The van der Waals surface area contributed by atoms with Gasteiger partial charge in [0.2, 0.25) is 5.95 Å². The van der Waals surface area contributed by atoms with Gasteiger partial charge in [-0.05, 0) is 30.2 Å². The molecule has 0 aliphatic carbocycles. The highest BCUT2D eigenvalue weighted by molar-refractivity contribution is 7.90. The summed E-state index contributed by atoms with van der Waals surface area (Å²) in [5.41, 5.74) is 8.13. The Labute approximate surface area is 195 Å². The maximum atomic E-state index is 11.6. The lowest BCUT2D eigenvalue weighted by molar-refractivity contribution is 0.299. The minimum atomic E-state index is -3.39. The number of benzene rings is 2. The van der Waals surface area contributed by atoms with E-state index in [0.717, 1.165) is 12.7 Å². The Morgan fingerprint density at radius 2 is 1.91 bits per heavy atom. The van der Waals surface area contributed by atoms with Gasteiger partial charge in [-0.15, -0.1) is 0 Å². The zero-order chi connectivity index (χ0) is 23.8. The fraction of sp³-hybridized carbons (Fsp3) is 0.143. The first-order valence-electron chi connectivity index (χ1n) is 9.67. The number of aliphatic hydroxyl groups is 1. The molecule has 0 spiro atoms. The molecule has 0 aliphatic heterocycles. The molecule has 5 N–H and O–H groups in total. The minimum absolute atomic E-state index is 0.0517. The van der Waals surface area contributed by atoms with Crippen molar-refractivity contribution in [3.63, 3.8) is 0 Å². The highest BCUT2D eigenvalue weighted by Gasteiger charge is 2.13. The normalized spacial score (nSPS) is 10.9. The summed E-state index contributed by atoms with van der Waals surface area (Å²) in [6, 6.07) is 14.4. The standard InChI is InChI=1S/C13H12ClN7O2S.C8H10O/c1-24(22,23)10-3-2-7(4-9(10)14)19-13-16-5-8(11(15)20-13)12-17-6-18-21-12;9-7-6-8-4-2-1-3-5-8/h2-6H,1H3,(H,17,18,21)(H3,15,16,19,20);1-5,9H,6-7H2. The monoisotopic (exact) mass is 487 g/mol. The van der Waals surface area contributed by atoms with Crippen molar-refractivity contribution in [2.45, 2.75) is 11.3 Å². The van der Waals surface area contributed by atoms with Gasteiger partial charge in [-0.1, -0.05) is 41.9 Å². The first kappa shape index (κ1) is 24.1. The molecule has 0 radical (unpaired) electrons. The molecule has 2 aromatic carbocycles. The van der Waals surface area contributed by atoms with Crippen LogP contribution in [0.15, 0.2) is 66.0 Å². The average molecular weight is 488 g/mol. The molecular formula is C21H22ClN7O3S. The van der Waals surface area contributed by atoms with E-state index < -0.39 is 9.84 Å². The van der Waals surface area contributed by atoms with E-state index >= 15 is 0 Å². The van der Waals surface area contributed by atoms with Crippen LogP contribution in [0.2, 0.25) is 5.02 Å². The van der Waals surface area contributed by atoms with E-state index in [1.807, 2.05) is 30.3 Å². The summed E-state index contributed by atoms with van der Waals surface area (Å²) in [6.07, 6.45) is 4.71. The van der Waals surface area contributed by atoms with Gasteiger partial charge in [0.05, 0.1) is 15.5 Å². The summed E-state index contributed by atoms with van der Waals surface area (Å²) in [5, 5.41) is 18.0. The Kier molecular flexibility index (Phi) is 7.93. The van der Waals surface area contributed by atoms with Gasteiger partial charge in [-0.2, -0.15) is 10.1 Å². The second kappa shape index (κ2) is 10.9. The Balaban J connectivity index is 0.000000286. The van der Waals surface area contributed by atoms with Crippen molar-refractivity contribution in [2.24, 2.45) is 0 Å². The van der Waals surface area contributed by atoms with Crippen LogP contribution >= 0.6 is 11.6 Å². The van der Waals surface area contributed by atoms with Crippen LogP contribution in [0.5, 0.6) is 0 Å². The maximum absolute atomic E-state index is 11.6. The molecule has 4 rings (SSSR count). The lowest BCUT2D eigenvalue weighted by atomic mass is 10.2. The fourth-order valence-electron chi connectivity index (χ4n) is 2.76. The summed E-state index contributed by atoms with van der Waals surface area (Å²) in [4.78, 5) is 12.3. The molecule has 12 heteroatoms. The van der Waals surface area contributed by atoms with Crippen molar-refractivity contribution >= 4 is 38.9 Å². The van der Waals surface area contributed by atoms with Gasteiger partial charge in [-0.3, -0.25) is 5.10 Å². The van der Waals surface area contributed by atoms with Gasteiger partial charge in [-0.25, -0.2) is 18.4 Å². The van der Waals surface area contributed by atoms with Crippen LogP contribution < -0.4 is 11.1 Å². The van der Waals surface area contributed by atoms with Crippen LogP contribution in [0, 0.1) is 0 Å². The van der Waals surface area contributed by atoms with Crippen molar-refractivity contribution < 1.29 is 13.5 Å². The molecule has 0 saturated heterocycles. The predicted molar refractivity (Wildman–Crippen MR) is 127 cm³/mol. The van der Waals surface area contributed by atoms with Gasteiger partial charge in [0.15, 0.2) is 15.7 Å². The molecule has 0 saturated carbocycles. The number of H-pyrrole nitrogens is 1. The van der Waals surface area contributed by atoms with Gasteiger partial charge in [0.1, 0.15) is 12.1 Å². The highest BCUT2D eigenvalue weighted by Crippen LogP contribution is 2.27. The summed E-state index contributed by atoms with van der Waals surface area (Å²) >= 11 is 6.00. The van der Waals surface area contributed by atoms with E-state index in [0.29, 0.717) is 17.1 Å². The van der Waals surface area contributed by atoms with Gasteiger partial charge < -0.3 is 16.2 Å². The number of rotatable bonds is 6. The lowest BCUT2D eigenvalue weighted by Crippen LogP contribution is -2.03.